The molecule has 0 unspecified atom stereocenters. The molecule has 0 aliphatic heterocycles. The van der Waals surface area contributed by atoms with Crippen molar-refractivity contribution in [2.24, 2.45) is 10.9 Å². The Morgan fingerprint density at radius 2 is 1.89 bits per heavy atom. The topological polar surface area (TPSA) is 82.6 Å². The van der Waals surface area contributed by atoms with Crippen molar-refractivity contribution in [1.82, 2.24) is 10.6 Å². The molecule has 2 rings (SSSR count). The van der Waals surface area contributed by atoms with Crippen LogP contribution in [0.15, 0.2) is 29.3 Å². The third kappa shape index (κ3) is 9.64. The summed E-state index contributed by atoms with van der Waals surface area (Å²) in [5.41, 5.74) is 1.43. The summed E-state index contributed by atoms with van der Waals surface area (Å²) in [7, 11) is -3.30. The van der Waals surface area contributed by atoms with E-state index in [0.717, 1.165) is 43.2 Å². The van der Waals surface area contributed by atoms with E-state index in [9.17, 15) is 8.42 Å². The molecule has 3 N–H and O–H groups in total. The number of sulfonamides is 1. The number of hydrogen-bond acceptors (Lipinski definition) is 3. The van der Waals surface area contributed by atoms with Gasteiger partial charge in [-0.1, -0.05) is 43.9 Å². The first-order chi connectivity index (χ1) is 12.5. The molecule has 1 aromatic carbocycles. The summed E-state index contributed by atoms with van der Waals surface area (Å²) in [4.78, 5) is 4.60. The maximum atomic E-state index is 11.5. The van der Waals surface area contributed by atoms with Gasteiger partial charge < -0.3 is 10.6 Å². The van der Waals surface area contributed by atoms with Gasteiger partial charge in [0.1, 0.15) is 0 Å². The number of aliphatic imine (C=N–C) groups is 1. The van der Waals surface area contributed by atoms with E-state index in [1.807, 2.05) is 25.1 Å². The Morgan fingerprint density at radius 1 is 1.19 bits per heavy atom. The second-order valence-electron chi connectivity index (χ2n) is 6.95. The Morgan fingerprint density at radius 3 is 2.56 bits per heavy atom. The van der Waals surface area contributed by atoms with Gasteiger partial charge in [-0.2, -0.15) is 0 Å². The van der Waals surface area contributed by atoms with Gasteiger partial charge in [0.2, 0.25) is 10.0 Å². The standard InChI is InChI=1S/C19H32N4O2S.HI/c1-3-20-19(21-14-8-11-16-9-4-5-10-16)22-15-17-12-6-7-13-18(17)23-26(2,24)25;/h6-7,12-13,16,23H,3-5,8-11,14-15H2,1-2H3,(H2,20,21,22);1H. The molecule has 1 saturated carbocycles. The Balaban J connectivity index is 0.00000364. The molecule has 6 nitrogen and oxygen atoms in total. The van der Waals surface area contributed by atoms with E-state index in [0.29, 0.717) is 12.2 Å². The van der Waals surface area contributed by atoms with Crippen LogP contribution in [0, 0.1) is 5.92 Å². The summed E-state index contributed by atoms with van der Waals surface area (Å²) in [6.45, 7) is 4.15. The Kier molecular flexibility index (Phi) is 11.1. The number of anilines is 1. The van der Waals surface area contributed by atoms with Gasteiger partial charge in [-0.3, -0.25) is 4.72 Å². The number of benzene rings is 1. The number of para-hydroxylation sites is 1. The molecule has 1 aliphatic carbocycles. The molecule has 27 heavy (non-hydrogen) atoms. The highest BCUT2D eigenvalue weighted by molar-refractivity contribution is 14.0. The zero-order chi connectivity index (χ0) is 18.8. The zero-order valence-electron chi connectivity index (χ0n) is 16.3. The van der Waals surface area contributed by atoms with Crippen LogP contribution in [0.2, 0.25) is 0 Å². The van der Waals surface area contributed by atoms with Crippen LogP contribution in [-0.2, 0) is 16.6 Å². The molecule has 0 radical (unpaired) electrons. The second kappa shape index (κ2) is 12.4. The Hall–Kier alpha value is -1.03. The van der Waals surface area contributed by atoms with Crippen molar-refractivity contribution < 1.29 is 8.42 Å². The van der Waals surface area contributed by atoms with E-state index >= 15 is 0 Å². The molecular formula is C19H33IN4O2S. The highest BCUT2D eigenvalue weighted by atomic mass is 127. The van der Waals surface area contributed by atoms with E-state index in [1.54, 1.807) is 6.07 Å². The lowest BCUT2D eigenvalue weighted by molar-refractivity contribution is 0.481. The molecule has 0 saturated heterocycles. The molecule has 0 spiro atoms. The maximum absolute atomic E-state index is 11.5. The van der Waals surface area contributed by atoms with Gasteiger partial charge in [0.15, 0.2) is 5.96 Å². The minimum Gasteiger partial charge on any atom is -0.357 e. The Bertz CT molecular complexity index is 689. The molecule has 1 aliphatic rings. The van der Waals surface area contributed by atoms with Crippen molar-refractivity contribution in [3.05, 3.63) is 29.8 Å². The lowest BCUT2D eigenvalue weighted by Gasteiger charge is -2.14. The van der Waals surface area contributed by atoms with Crippen LogP contribution < -0.4 is 15.4 Å². The predicted molar refractivity (Wildman–Crippen MR) is 124 cm³/mol. The molecule has 0 amide bonds. The van der Waals surface area contributed by atoms with Gasteiger partial charge >= 0.3 is 0 Å². The number of nitrogens with one attached hydrogen (secondary N) is 3. The summed E-state index contributed by atoms with van der Waals surface area (Å²) < 4.78 is 25.6. The summed E-state index contributed by atoms with van der Waals surface area (Å²) in [6.07, 6.45) is 9.15. The van der Waals surface area contributed by atoms with Crippen molar-refractivity contribution in [3.8, 4) is 0 Å². The zero-order valence-corrected chi connectivity index (χ0v) is 19.5. The van der Waals surface area contributed by atoms with Crippen LogP contribution in [0.25, 0.3) is 0 Å². The first-order valence-corrected chi connectivity index (χ1v) is 11.4. The summed E-state index contributed by atoms with van der Waals surface area (Å²) in [5.74, 6) is 1.68. The highest BCUT2D eigenvalue weighted by Crippen LogP contribution is 2.28. The van der Waals surface area contributed by atoms with Gasteiger partial charge in [0.05, 0.1) is 18.5 Å². The fourth-order valence-electron chi connectivity index (χ4n) is 3.36. The molecule has 1 aromatic rings. The van der Waals surface area contributed by atoms with Crippen LogP contribution in [0.4, 0.5) is 5.69 Å². The van der Waals surface area contributed by atoms with Crippen LogP contribution in [0.1, 0.15) is 51.0 Å². The summed E-state index contributed by atoms with van der Waals surface area (Å²) in [5, 5.41) is 6.63. The largest absolute Gasteiger partial charge is 0.357 e. The second-order valence-corrected chi connectivity index (χ2v) is 8.69. The van der Waals surface area contributed by atoms with E-state index < -0.39 is 10.0 Å². The van der Waals surface area contributed by atoms with Crippen LogP contribution in [-0.4, -0.2) is 33.7 Å². The van der Waals surface area contributed by atoms with Gasteiger partial charge in [-0.25, -0.2) is 13.4 Å². The number of rotatable bonds is 9. The Labute approximate surface area is 181 Å². The van der Waals surface area contributed by atoms with Gasteiger partial charge in [-0.15, -0.1) is 24.0 Å². The average Bonchev–Trinajstić information content (AvgIpc) is 3.09. The SMILES string of the molecule is CCNC(=NCc1ccccc1NS(C)(=O)=O)NCCCC1CCCC1.I. The van der Waals surface area contributed by atoms with Crippen molar-refractivity contribution >= 4 is 45.6 Å². The monoisotopic (exact) mass is 508 g/mol. The fourth-order valence-corrected chi connectivity index (χ4v) is 3.96. The van der Waals surface area contributed by atoms with Gasteiger partial charge in [-0.05, 0) is 37.3 Å². The highest BCUT2D eigenvalue weighted by Gasteiger charge is 2.14. The molecule has 1 fully saturated rings. The minimum atomic E-state index is -3.30. The lowest BCUT2D eigenvalue weighted by atomic mass is 10.0. The molecule has 8 heteroatoms. The maximum Gasteiger partial charge on any atom is 0.229 e. The normalized spacial score (nSPS) is 15.3. The van der Waals surface area contributed by atoms with Crippen LogP contribution in [0.5, 0.6) is 0 Å². The fraction of sp³-hybridized carbons (Fsp3) is 0.632. The molecule has 0 heterocycles. The summed E-state index contributed by atoms with van der Waals surface area (Å²) in [6, 6.07) is 7.35. The molecular weight excluding hydrogens is 475 g/mol. The van der Waals surface area contributed by atoms with Crippen molar-refractivity contribution in [1.29, 1.82) is 0 Å². The van der Waals surface area contributed by atoms with Gasteiger partial charge in [0.25, 0.3) is 0 Å². The summed E-state index contributed by atoms with van der Waals surface area (Å²) >= 11 is 0. The molecule has 0 bridgehead atoms. The van der Waals surface area contributed by atoms with Crippen molar-refractivity contribution in [2.45, 2.75) is 52.0 Å². The predicted octanol–water partition coefficient (Wildman–Crippen LogP) is 3.70. The number of guanidine groups is 1. The van der Waals surface area contributed by atoms with Crippen LogP contribution >= 0.6 is 24.0 Å². The van der Waals surface area contributed by atoms with E-state index in [1.165, 1.54) is 32.1 Å². The third-order valence-corrected chi connectivity index (χ3v) is 5.21. The smallest absolute Gasteiger partial charge is 0.229 e. The lowest BCUT2D eigenvalue weighted by Crippen LogP contribution is -2.37. The van der Waals surface area contributed by atoms with E-state index in [4.69, 9.17) is 0 Å². The van der Waals surface area contributed by atoms with E-state index in [-0.39, 0.29) is 24.0 Å². The molecule has 0 atom stereocenters. The quantitative estimate of drug-likeness (QED) is 0.206. The average molecular weight is 508 g/mol. The first kappa shape index (κ1) is 24.0. The van der Waals surface area contributed by atoms with Crippen LogP contribution in [0.3, 0.4) is 0 Å². The number of hydrogen-bond donors (Lipinski definition) is 3. The number of nitrogens with zero attached hydrogens (tertiary/aromatic N) is 1. The van der Waals surface area contributed by atoms with Gasteiger partial charge in [0, 0.05) is 13.1 Å². The minimum absolute atomic E-state index is 0. The first-order valence-electron chi connectivity index (χ1n) is 9.56. The van der Waals surface area contributed by atoms with Crippen molar-refractivity contribution in [2.75, 3.05) is 24.1 Å². The number of halogens is 1. The molecule has 154 valence electrons. The van der Waals surface area contributed by atoms with Crippen molar-refractivity contribution in [3.63, 3.8) is 0 Å². The molecule has 0 aromatic heterocycles. The third-order valence-electron chi connectivity index (χ3n) is 4.62. The van der Waals surface area contributed by atoms with E-state index in [2.05, 4.69) is 20.3 Å².